The van der Waals surface area contributed by atoms with E-state index in [1.807, 2.05) is 24.3 Å². The minimum absolute atomic E-state index is 0.376. The molecule has 1 saturated carbocycles. The van der Waals surface area contributed by atoms with Gasteiger partial charge in [-0.15, -0.1) is 0 Å². The van der Waals surface area contributed by atoms with Crippen molar-refractivity contribution in [2.45, 2.75) is 24.8 Å². The van der Waals surface area contributed by atoms with Gasteiger partial charge < -0.3 is 4.42 Å². The van der Waals surface area contributed by atoms with E-state index >= 15 is 0 Å². The Labute approximate surface area is 92.8 Å². The summed E-state index contributed by atoms with van der Waals surface area (Å²) in [5.41, 5.74) is 1.49. The molecule has 1 aliphatic rings. The number of hydrogen-bond acceptors (Lipinski definition) is 3. The predicted octanol–water partition coefficient (Wildman–Crippen LogP) is 3.15. The minimum atomic E-state index is -0.376. The fourth-order valence-electron chi connectivity index (χ4n) is 2.40. The highest BCUT2D eigenvalue weighted by Crippen LogP contribution is 2.47. The molecule has 0 radical (unpaired) electrons. The predicted molar refractivity (Wildman–Crippen MR) is 59.9 cm³/mol. The summed E-state index contributed by atoms with van der Waals surface area (Å²) in [5.74, 6) is 0. The smallest absolute Gasteiger partial charge is 0.235 e. The number of benzene rings is 1. The molecule has 2 aromatic rings. The molecule has 0 amide bonds. The van der Waals surface area contributed by atoms with Crippen molar-refractivity contribution in [2.75, 3.05) is 0 Å². The molecule has 1 heterocycles. The van der Waals surface area contributed by atoms with E-state index < -0.39 is 0 Å². The van der Waals surface area contributed by atoms with Crippen molar-refractivity contribution in [2.24, 2.45) is 4.99 Å². The first-order valence-electron chi connectivity index (χ1n) is 5.41. The van der Waals surface area contributed by atoms with Crippen LogP contribution in [0.2, 0.25) is 0 Å². The number of nitrogens with zero attached hydrogens (tertiary/aromatic N) is 1. The summed E-state index contributed by atoms with van der Waals surface area (Å²) in [6.07, 6.45) is 6.28. The Balaban J connectivity index is 2.24. The number of furan rings is 1. The number of para-hydroxylation sites is 1. The van der Waals surface area contributed by atoms with Gasteiger partial charge in [0.15, 0.2) is 0 Å². The maximum atomic E-state index is 10.5. The third-order valence-corrected chi connectivity index (χ3v) is 3.42. The minimum Gasteiger partial charge on any atom is -0.464 e. The lowest BCUT2D eigenvalue weighted by Gasteiger charge is -2.36. The van der Waals surface area contributed by atoms with Crippen molar-refractivity contribution in [1.29, 1.82) is 0 Å². The van der Waals surface area contributed by atoms with Crippen molar-refractivity contribution in [1.82, 2.24) is 0 Å². The lowest BCUT2D eigenvalue weighted by Crippen LogP contribution is -2.31. The molecular formula is C13H11NO2. The Morgan fingerprint density at radius 3 is 2.88 bits per heavy atom. The second kappa shape index (κ2) is 3.32. The number of hydrogen-bond donors (Lipinski definition) is 0. The van der Waals surface area contributed by atoms with Crippen LogP contribution in [-0.4, -0.2) is 6.08 Å². The van der Waals surface area contributed by atoms with E-state index in [0.717, 1.165) is 35.8 Å². The average Bonchev–Trinajstić information content (AvgIpc) is 2.71. The van der Waals surface area contributed by atoms with Crippen molar-refractivity contribution < 1.29 is 9.21 Å². The number of fused-ring (bicyclic) bond motifs is 1. The molecule has 1 aromatic carbocycles. The van der Waals surface area contributed by atoms with Crippen LogP contribution >= 0.6 is 0 Å². The first-order chi connectivity index (χ1) is 7.86. The zero-order chi connectivity index (χ0) is 11.0. The molecule has 1 fully saturated rings. The van der Waals surface area contributed by atoms with Gasteiger partial charge in [0.1, 0.15) is 11.1 Å². The van der Waals surface area contributed by atoms with Gasteiger partial charge in [-0.3, -0.25) is 0 Å². The highest BCUT2D eigenvalue weighted by atomic mass is 16.3. The quantitative estimate of drug-likeness (QED) is 0.568. The van der Waals surface area contributed by atoms with Gasteiger partial charge in [-0.05, 0) is 25.3 Å². The molecular weight excluding hydrogens is 202 g/mol. The molecule has 80 valence electrons. The van der Waals surface area contributed by atoms with Gasteiger partial charge in [0.05, 0.1) is 6.26 Å². The Morgan fingerprint density at radius 2 is 2.19 bits per heavy atom. The Bertz CT molecular complexity index is 574. The normalized spacial score (nSPS) is 17.8. The van der Waals surface area contributed by atoms with Gasteiger partial charge in [0.2, 0.25) is 6.08 Å². The van der Waals surface area contributed by atoms with E-state index in [1.54, 1.807) is 12.3 Å². The van der Waals surface area contributed by atoms with Gasteiger partial charge in [-0.1, -0.05) is 18.2 Å². The van der Waals surface area contributed by atoms with E-state index in [9.17, 15) is 4.79 Å². The molecule has 3 rings (SSSR count). The molecule has 0 unspecified atom stereocenters. The second-order valence-electron chi connectivity index (χ2n) is 4.23. The fraction of sp³-hybridized carbons (Fsp3) is 0.308. The molecule has 1 aromatic heterocycles. The van der Waals surface area contributed by atoms with Crippen LogP contribution in [-0.2, 0) is 10.3 Å². The van der Waals surface area contributed by atoms with Crippen LogP contribution in [0, 0.1) is 0 Å². The van der Waals surface area contributed by atoms with Gasteiger partial charge >= 0.3 is 0 Å². The average molecular weight is 213 g/mol. The number of isocyanates is 1. The van der Waals surface area contributed by atoms with Crippen LogP contribution < -0.4 is 0 Å². The first kappa shape index (κ1) is 9.37. The van der Waals surface area contributed by atoms with Crippen LogP contribution in [0.5, 0.6) is 0 Å². The lowest BCUT2D eigenvalue weighted by molar-refractivity contribution is 0.256. The van der Waals surface area contributed by atoms with Gasteiger partial charge in [0, 0.05) is 10.9 Å². The van der Waals surface area contributed by atoms with E-state index in [2.05, 4.69) is 4.99 Å². The molecule has 0 spiro atoms. The zero-order valence-corrected chi connectivity index (χ0v) is 8.77. The summed E-state index contributed by atoms with van der Waals surface area (Å²) >= 11 is 0. The molecule has 0 aliphatic heterocycles. The van der Waals surface area contributed by atoms with Crippen molar-refractivity contribution in [3.63, 3.8) is 0 Å². The van der Waals surface area contributed by atoms with E-state index in [1.165, 1.54) is 0 Å². The van der Waals surface area contributed by atoms with Crippen LogP contribution in [0.25, 0.3) is 11.0 Å². The Morgan fingerprint density at radius 1 is 1.31 bits per heavy atom. The molecule has 16 heavy (non-hydrogen) atoms. The maximum absolute atomic E-state index is 10.5. The van der Waals surface area contributed by atoms with Gasteiger partial charge in [-0.2, -0.15) is 4.99 Å². The SMILES string of the molecule is O=C=NC1(c2cccc3ccoc23)CCC1. The molecule has 3 nitrogen and oxygen atoms in total. The first-order valence-corrected chi connectivity index (χ1v) is 5.41. The third kappa shape index (κ3) is 1.15. The highest BCUT2D eigenvalue weighted by Gasteiger charge is 2.40. The fourth-order valence-corrected chi connectivity index (χ4v) is 2.40. The summed E-state index contributed by atoms with van der Waals surface area (Å²) in [4.78, 5) is 14.5. The summed E-state index contributed by atoms with van der Waals surface area (Å²) < 4.78 is 5.49. The summed E-state index contributed by atoms with van der Waals surface area (Å²) in [7, 11) is 0. The van der Waals surface area contributed by atoms with Crippen LogP contribution in [0.15, 0.2) is 39.9 Å². The molecule has 3 heteroatoms. The lowest BCUT2D eigenvalue weighted by atomic mass is 9.72. The van der Waals surface area contributed by atoms with Crippen LogP contribution in [0.1, 0.15) is 24.8 Å². The molecule has 1 aliphatic carbocycles. The Kier molecular flexibility index (Phi) is 1.95. The van der Waals surface area contributed by atoms with E-state index in [0.29, 0.717) is 0 Å². The third-order valence-electron chi connectivity index (χ3n) is 3.42. The molecule has 0 N–H and O–H groups in total. The number of aliphatic imine (C=N–C) groups is 1. The van der Waals surface area contributed by atoms with Crippen LogP contribution in [0.4, 0.5) is 0 Å². The summed E-state index contributed by atoms with van der Waals surface area (Å²) in [6, 6.07) is 7.90. The van der Waals surface area contributed by atoms with Gasteiger partial charge in [-0.25, -0.2) is 4.79 Å². The standard InChI is InChI=1S/C13H11NO2/c15-9-14-13(6-2-7-13)11-4-1-3-10-5-8-16-12(10)11/h1,3-5,8H,2,6-7H2. The van der Waals surface area contributed by atoms with Crippen molar-refractivity contribution in [3.05, 3.63) is 36.1 Å². The van der Waals surface area contributed by atoms with Crippen molar-refractivity contribution in [3.8, 4) is 0 Å². The molecule has 0 atom stereocenters. The monoisotopic (exact) mass is 213 g/mol. The van der Waals surface area contributed by atoms with E-state index in [4.69, 9.17) is 4.42 Å². The van der Waals surface area contributed by atoms with E-state index in [-0.39, 0.29) is 5.54 Å². The summed E-state index contributed by atoms with van der Waals surface area (Å²) in [6.45, 7) is 0. The largest absolute Gasteiger partial charge is 0.464 e. The highest BCUT2D eigenvalue weighted by molar-refractivity contribution is 5.81. The second-order valence-corrected chi connectivity index (χ2v) is 4.23. The van der Waals surface area contributed by atoms with Crippen molar-refractivity contribution >= 4 is 17.0 Å². The van der Waals surface area contributed by atoms with Gasteiger partial charge in [0.25, 0.3) is 0 Å². The zero-order valence-electron chi connectivity index (χ0n) is 8.77. The topological polar surface area (TPSA) is 42.6 Å². The van der Waals surface area contributed by atoms with Crippen LogP contribution in [0.3, 0.4) is 0 Å². The molecule has 0 saturated heterocycles. The maximum Gasteiger partial charge on any atom is 0.235 e. The molecule has 0 bridgehead atoms. The number of rotatable bonds is 2. The summed E-state index contributed by atoms with van der Waals surface area (Å²) in [5, 5.41) is 1.06. The Hall–Kier alpha value is -1.86. The number of carbonyl (C=O) groups excluding carboxylic acids is 1.